The number of hydrogen-bond acceptors (Lipinski definition) is 4. The second-order valence-corrected chi connectivity index (χ2v) is 14.1. The number of rotatable bonds is 7. The Morgan fingerprint density at radius 2 is 1.74 bits per heavy atom. The molecule has 0 amide bonds. The lowest BCUT2D eigenvalue weighted by Gasteiger charge is -2.67. The minimum absolute atomic E-state index is 0.185. The molecule has 4 rings (SSSR count). The van der Waals surface area contributed by atoms with Gasteiger partial charge in [0, 0.05) is 0 Å². The average molecular weight is 478 g/mol. The third-order valence-corrected chi connectivity index (χ3v) is 11.8. The van der Waals surface area contributed by atoms with Crippen LogP contribution < -0.4 is 5.73 Å². The highest BCUT2D eigenvalue weighted by atomic mass is 16.4. The first kappa shape index (κ1) is 26.4. The molecule has 0 spiro atoms. The van der Waals surface area contributed by atoms with Gasteiger partial charge in [0.2, 0.25) is 0 Å². The van der Waals surface area contributed by atoms with Crippen LogP contribution in [0.2, 0.25) is 0 Å². The molecule has 3 unspecified atom stereocenters. The molecule has 0 aromatic heterocycles. The number of carboxylic acid groups (broad SMARTS) is 1. The molecule has 0 aromatic carbocycles. The predicted octanol–water partition coefficient (Wildman–Crippen LogP) is 5.37. The molecule has 5 heteroatoms. The van der Waals surface area contributed by atoms with Gasteiger partial charge < -0.3 is 21.1 Å². The van der Waals surface area contributed by atoms with Crippen LogP contribution in [0.1, 0.15) is 112 Å². The number of aliphatic hydroxyl groups excluding tert-OH is 1. The van der Waals surface area contributed by atoms with Crippen molar-refractivity contribution in [2.24, 2.45) is 52.1 Å². The third-order valence-electron chi connectivity index (χ3n) is 11.8. The fourth-order valence-corrected chi connectivity index (χ4v) is 9.92. The summed E-state index contributed by atoms with van der Waals surface area (Å²) in [5.41, 5.74) is 4.87. The van der Waals surface area contributed by atoms with Crippen LogP contribution in [0.25, 0.3) is 0 Å². The van der Waals surface area contributed by atoms with Crippen molar-refractivity contribution in [3.8, 4) is 0 Å². The van der Waals surface area contributed by atoms with Gasteiger partial charge >= 0.3 is 5.97 Å². The van der Waals surface area contributed by atoms with Crippen molar-refractivity contribution < 1.29 is 20.1 Å². The van der Waals surface area contributed by atoms with E-state index < -0.39 is 23.2 Å². The van der Waals surface area contributed by atoms with E-state index in [9.17, 15) is 20.1 Å². The first-order chi connectivity index (χ1) is 15.8. The van der Waals surface area contributed by atoms with Gasteiger partial charge in [-0.05, 0) is 97.7 Å². The van der Waals surface area contributed by atoms with Gasteiger partial charge in [-0.15, -0.1) is 0 Å². The maximum Gasteiger partial charge on any atom is 0.306 e. The van der Waals surface area contributed by atoms with Crippen molar-refractivity contribution >= 4 is 5.97 Å². The van der Waals surface area contributed by atoms with E-state index in [-0.39, 0.29) is 18.3 Å². The van der Waals surface area contributed by atoms with Gasteiger partial charge in [-0.1, -0.05) is 53.9 Å². The molecule has 0 radical (unpaired) electrons. The van der Waals surface area contributed by atoms with E-state index in [1.165, 1.54) is 38.5 Å². The van der Waals surface area contributed by atoms with Gasteiger partial charge in [0.15, 0.2) is 0 Å². The zero-order chi connectivity index (χ0) is 25.1. The maximum absolute atomic E-state index is 11.5. The molecule has 0 saturated heterocycles. The number of carboxylic acids is 1. The topological polar surface area (TPSA) is 104 Å². The average Bonchev–Trinajstić information content (AvgIpc) is 3.07. The van der Waals surface area contributed by atoms with Gasteiger partial charge in [0.1, 0.15) is 0 Å². The highest BCUT2D eigenvalue weighted by Gasteiger charge is 2.68. The Morgan fingerprint density at radius 3 is 2.38 bits per heavy atom. The summed E-state index contributed by atoms with van der Waals surface area (Å²) in [6, 6.07) is 0. The maximum atomic E-state index is 11.5. The standard InChI is InChI=1S/C29H51NO4/c1-18(2)7-6-8-19(3)21-9-10-22-20-15-24(31)29(30)17-28(34,16-25(32)33)14-13-27(29,5)23(20)11-12-26(21,22)4/h18-24,31,34H,6-17,30H2,1-5H3,(H,32,33)/t19-,20+,21-,22+,23+,24?,26-,27-,28?,29?/m1/s1. The van der Waals surface area contributed by atoms with Crippen molar-refractivity contribution in [3.63, 3.8) is 0 Å². The highest BCUT2D eigenvalue weighted by molar-refractivity contribution is 5.68. The Bertz CT molecular complexity index is 771. The Labute approximate surface area is 207 Å². The van der Waals surface area contributed by atoms with Gasteiger partial charge in [-0.3, -0.25) is 4.79 Å². The van der Waals surface area contributed by atoms with E-state index >= 15 is 0 Å². The van der Waals surface area contributed by atoms with E-state index in [2.05, 4.69) is 34.6 Å². The smallest absolute Gasteiger partial charge is 0.306 e. The van der Waals surface area contributed by atoms with E-state index in [1.54, 1.807) is 0 Å². The van der Waals surface area contributed by atoms with Crippen molar-refractivity contribution in [2.75, 3.05) is 0 Å². The molecule has 0 heterocycles. The molecule has 4 saturated carbocycles. The summed E-state index contributed by atoms with van der Waals surface area (Å²) >= 11 is 0. The van der Waals surface area contributed by atoms with Crippen LogP contribution in [-0.4, -0.2) is 38.5 Å². The lowest BCUT2D eigenvalue weighted by Crippen LogP contribution is -2.74. The van der Waals surface area contributed by atoms with E-state index in [1.807, 2.05) is 0 Å². The van der Waals surface area contributed by atoms with Crippen LogP contribution in [0.5, 0.6) is 0 Å². The lowest BCUT2D eigenvalue weighted by atomic mass is 9.40. The van der Waals surface area contributed by atoms with Gasteiger partial charge in [0.25, 0.3) is 0 Å². The number of aliphatic carboxylic acids is 1. The number of nitrogens with two attached hydrogens (primary N) is 1. The summed E-state index contributed by atoms with van der Waals surface area (Å²) in [5.74, 6) is 2.87. The summed E-state index contributed by atoms with van der Waals surface area (Å²) in [4.78, 5) is 11.4. The first-order valence-corrected chi connectivity index (χ1v) is 14.2. The Hall–Kier alpha value is -0.650. The summed E-state index contributed by atoms with van der Waals surface area (Å²) in [6.45, 7) is 11.9. The molecular weight excluding hydrogens is 426 g/mol. The van der Waals surface area contributed by atoms with Crippen molar-refractivity contribution in [1.29, 1.82) is 0 Å². The number of carbonyl (C=O) groups is 1. The first-order valence-electron chi connectivity index (χ1n) is 14.2. The van der Waals surface area contributed by atoms with Crippen molar-refractivity contribution in [1.82, 2.24) is 0 Å². The molecule has 4 aliphatic rings. The fraction of sp³-hybridized carbons (Fsp3) is 0.966. The van der Waals surface area contributed by atoms with E-state index in [0.29, 0.717) is 42.4 Å². The van der Waals surface area contributed by atoms with Gasteiger partial charge in [-0.2, -0.15) is 0 Å². The summed E-state index contributed by atoms with van der Waals surface area (Å²) in [6.07, 6.45) is 9.99. The van der Waals surface area contributed by atoms with Crippen LogP contribution in [0.3, 0.4) is 0 Å². The second kappa shape index (κ2) is 9.03. The molecule has 34 heavy (non-hydrogen) atoms. The molecule has 4 aliphatic carbocycles. The third kappa shape index (κ3) is 4.16. The molecule has 0 aliphatic heterocycles. The van der Waals surface area contributed by atoms with Crippen LogP contribution in [0.15, 0.2) is 0 Å². The zero-order valence-electron chi connectivity index (χ0n) is 22.4. The SMILES string of the molecule is CC(C)CCC[C@@H](C)[C@H]1CC[C@H]2[C@@H]3CC(O)C4(N)CC(O)(CC(=O)O)CC[C@]4(C)[C@H]3CC[C@]12C. The van der Waals surface area contributed by atoms with Gasteiger partial charge in [0.05, 0.1) is 23.7 Å². The minimum atomic E-state index is -1.32. The number of aliphatic hydroxyl groups is 2. The van der Waals surface area contributed by atoms with Crippen LogP contribution in [0, 0.1) is 46.3 Å². The zero-order valence-corrected chi connectivity index (χ0v) is 22.4. The molecule has 5 nitrogen and oxygen atoms in total. The summed E-state index contributed by atoms with van der Waals surface area (Å²) in [7, 11) is 0. The normalized spacial score (nSPS) is 49.3. The molecule has 4 fully saturated rings. The molecular formula is C29H51NO4. The Balaban J connectivity index is 1.54. The fourth-order valence-electron chi connectivity index (χ4n) is 9.92. The molecule has 0 aromatic rings. The van der Waals surface area contributed by atoms with Crippen molar-refractivity contribution in [2.45, 2.75) is 129 Å². The minimum Gasteiger partial charge on any atom is -0.481 e. The van der Waals surface area contributed by atoms with E-state index in [4.69, 9.17) is 5.73 Å². The largest absolute Gasteiger partial charge is 0.481 e. The Morgan fingerprint density at radius 1 is 1.03 bits per heavy atom. The highest BCUT2D eigenvalue weighted by Crippen LogP contribution is 2.69. The van der Waals surface area contributed by atoms with Crippen LogP contribution >= 0.6 is 0 Å². The van der Waals surface area contributed by atoms with E-state index in [0.717, 1.165) is 24.2 Å². The monoisotopic (exact) mass is 477 g/mol. The lowest BCUT2D eigenvalue weighted by molar-refractivity contribution is -0.205. The quantitative estimate of drug-likeness (QED) is 0.395. The Kier molecular flexibility index (Phi) is 7.01. The van der Waals surface area contributed by atoms with Gasteiger partial charge in [-0.25, -0.2) is 0 Å². The summed E-state index contributed by atoms with van der Waals surface area (Å²) < 4.78 is 0. The molecule has 5 N–H and O–H groups in total. The van der Waals surface area contributed by atoms with Crippen molar-refractivity contribution in [3.05, 3.63) is 0 Å². The second-order valence-electron chi connectivity index (χ2n) is 14.1. The van der Waals surface area contributed by atoms with Crippen LogP contribution in [0.4, 0.5) is 0 Å². The summed E-state index contributed by atoms with van der Waals surface area (Å²) in [5, 5.41) is 31.9. The molecule has 0 bridgehead atoms. The number of fused-ring (bicyclic) bond motifs is 5. The number of hydrogen-bond donors (Lipinski definition) is 4. The molecule has 10 atom stereocenters. The predicted molar refractivity (Wildman–Crippen MR) is 135 cm³/mol. The molecule has 196 valence electrons. The van der Waals surface area contributed by atoms with Crippen LogP contribution in [-0.2, 0) is 4.79 Å².